The van der Waals surface area contributed by atoms with Crippen LogP contribution < -0.4 is 5.32 Å². The van der Waals surface area contributed by atoms with Gasteiger partial charge in [-0.05, 0) is 38.1 Å². The van der Waals surface area contributed by atoms with Crippen LogP contribution in [-0.4, -0.2) is 24.3 Å². The maximum absolute atomic E-state index is 8.98. The summed E-state index contributed by atoms with van der Waals surface area (Å²) < 4.78 is 0. The Morgan fingerprint density at radius 2 is 2.38 bits per heavy atom. The van der Waals surface area contributed by atoms with Gasteiger partial charge in [-0.25, -0.2) is 0 Å². The van der Waals surface area contributed by atoms with E-state index in [2.05, 4.69) is 24.4 Å². The second-order valence-corrected chi connectivity index (χ2v) is 3.85. The lowest BCUT2D eigenvalue weighted by molar-refractivity contribution is 0.232. The fraction of sp³-hybridized carbons (Fsp3) is 0.818. The summed E-state index contributed by atoms with van der Waals surface area (Å²) in [7, 11) is 0. The highest BCUT2D eigenvalue weighted by atomic mass is 16.3. The Hall–Kier alpha value is -0.340. The second-order valence-electron chi connectivity index (χ2n) is 3.85. The lowest BCUT2D eigenvalue weighted by atomic mass is 9.94. The van der Waals surface area contributed by atoms with Gasteiger partial charge in [0.25, 0.3) is 0 Å². The van der Waals surface area contributed by atoms with Crippen LogP contribution in [0.5, 0.6) is 0 Å². The van der Waals surface area contributed by atoms with Crippen molar-refractivity contribution in [3.8, 4) is 0 Å². The smallest absolute Gasteiger partial charge is 0.0584 e. The molecule has 0 bridgehead atoms. The molecule has 2 nitrogen and oxygen atoms in total. The standard InChI is InChI=1S/C11H21NO/c1-2-11(9-13)12-8-10-6-4-3-5-7-10/h3-4,10-13H,2,5-9H2,1H3/t10?,11-/m0/s1. The summed E-state index contributed by atoms with van der Waals surface area (Å²) >= 11 is 0. The lowest BCUT2D eigenvalue weighted by Gasteiger charge is -2.21. The van der Waals surface area contributed by atoms with Gasteiger partial charge >= 0.3 is 0 Å². The Balaban J connectivity index is 2.13. The molecule has 2 atom stereocenters. The van der Waals surface area contributed by atoms with Crippen molar-refractivity contribution in [2.24, 2.45) is 5.92 Å². The minimum absolute atomic E-state index is 0.263. The van der Waals surface area contributed by atoms with Gasteiger partial charge in [-0.15, -0.1) is 0 Å². The molecule has 0 aromatic carbocycles. The zero-order valence-electron chi connectivity index (χ0n) is 8.50. The van der Waals surface area contributed by atoms with Crippen molar-refractivity contribution in [2.45, 2.75) is 38.6 Å². The summed E-state index contributed by atoms with van der Waals surface area (Å²) in [6.45, 7) is 3.43. The summed E-state index contributed by atoms with van der Waals surface area (Å²) in [5, 5.41) is 12.4. The highest BCUT2D eigenvalue weighted by Crippen LogP contribution is 2.17. The van der Waals surface area contributed by atoms with E-state index in [1.54, 1.807) is 0 Å². The first kappa shape index (κ1) is 10.7. The predicted molar refractivity (Wildman–Crippen MR) is 55.6 cm³/mol. The van der Waals surface area contributed by atoms with Gasteiger partial charge in [0.2, 0.25) is 0 Å². The summed E-state index contributed by atoms with van der Waals surface area (Å²) in [4.78, 5) is 0. The van der Waals surface area contributed by atoms with Crippen LogP contribution in [-0.2, 0) is 0 Å². The molecule has 13 heavy (non-hydrogen) atoms. The first-order valence-corrected chi connectivity index (χ1v) is 5.36. The van der Waals surface area contributed by atoms with E-state index in [9.17, 15) is 0 Å². The van der Waals surface area contributed by atoms with Gasteiger partial charge in [0.05, 0.1) is 6.61 Å². The van der Waals surface area contributed by atoms with E-state index < -0.39 is 0 Å². The Kier molecular flexibility index (Phi) is 5.09. The minimum Gasteiger partial charge on any atom is -0.395 e. The molecule has 0 radical (unpaired) electrons. The van der Waals surface area contributed by atoms with Crippen molar-refractivity contribution in [2.75, 3.05) is 13.2 Å². The molecule has 0 amide bonds. The van der Waals surface area contributed by atoms with Crippen molar-refractivity contribution in [1.82, 2.24) is 5.32 Å². The van der Waals surface area contributed by atoms with E-state index in [0.29, 0.717) is 6.04 Å². The van der Waals surface area contributed by atoms with Gasteiger partial charge in [0, 0.05) is 6.04 Å². The quantitative estimate of drug-likeness (QED) is 0.636. The highest BCUT2D eigenvalue weighted by Gasteiger charge is 2.11. The molecule has 0 heterocycles. The first-order chi connectivity index (χ1) is 6.36. The Bertz CT molecular complexity index is 152. The fourth-order valence-corrected chi connectivity index (χ4v) is 1.71. The van der Waals surface area contributed by atoms with Crippen LogP contribution in [0.2, 0.25) is 0 Å². The van der Waals surface area contributed by atoms with Gasteiger partial charge in [-0.3, -0.25) is 0 Å². The van der Waals surface area contributed by atoms with Crippen LogP contribution in [0.25, 0.3) is 0 Å². The zero-order valence-corrected chi connectivity index (χ0v) is 8.50. The molecule has 0 aromatic heterocycles. The van der Waals surface area contributed by atoms with Crippen molar-refractivity contribution < 1.29 is 5.11 Å². The molecule has 1 aliphatic rings. The number of aliphatic hydroxyl groups is 1. The molecular formula is C11H21NO. The fourth-order valence-electron chi connectivity index (χ4n) is 1.71. The molecule has 0 saturated carbocycles. The van der Waals surface area contributed by atoms with Gasteiger partial charge in [-0.1, -0.05) is 19.1 Å². The van der Waals surface area contributed by atoms with Crippen LogP contribution in [0.3, 0.4) is 0 Å². The van der Waals surface area contributed by atoms with Crippen LogP contribution in [0.1, 0.15) is 32.6 Å². The normalized spacial score (nSPS) is 24.6. The van der Waals surface area contributed by atoms with E-state index in [1.807, 2.05) is 0 Å². The Morgan fingerprint density at radius 1 is 1.54 bits per heavy atom. The summed E-state index contributed by atoms with van der Waals surface area (Å²) in [5.41, 5.74) is 0. The third-order valence-electron chi connectivity index (χ3n) is 2.79. The Morgan fingerprint density at radius 3 is 2.92 bits per heavy atom. The van der Waals surface area contributed by atoms with Crippen LogP contribution in [0.4, 0.5) is 0 Å². The van der Waals surface area contributed by atoms with E-state index in [1.165, 1.54) is 19.3 Å². The van der Waals surface area contributed by atoms with Gasteiger partial charge < -0.3 is 10.4 Å². The van der Waals surface area contributed by atoms with E-state index in [4.69, 9.17) is 5.11 Å². The molecule has 2 N–H and O–H groups in total. The predicted octanol–water partition coefficient (Wildman–Crippen LogP) is 1.70. The van der Waals surface area contributed by atoms with Crippen molar-refractivity contribution in [3.05, 3.63) is 12.2 Å². The molecule has 0 aliphatic heterocycles. The van der Waals surface area contributed by atoms with Gasteiger partial charge in [0.1, 0.15) is 0 Å². The number of hydrogen-bond acceptors (Lipinski definition) is 2. The number of aliphatic hydroxyl groups excluding tert-OH is 1. The summed E-state index contributed by atoms with van der Waals surface area (Å²) in [5.74, 6) is 0.783. The zero-order chi connectivity index (χ0) is 9.52. The number of hydrogen-bond donors (Lipinski definition) is 2. The van der Waals surface area contributed by atoms with Crippen molar-refractivity contribution >= 4 is 0 Å². The summed E-state index contributed by atoms with van der Waals surface area (Å²) in [6.07, 6.45) is 9.27. The SMILES string of the molecule is CC[C@@H](CO)NCC1CC=CCC1. The average molecular weight is 183 g/mol. The van der Waals surface area contributed by atoms with Crippen LogP contribution >= 0.6 is 0 Å². The highest BCUT2D eigenvalue weighted by molar-refractivity contribution is 4.90. The molecule has 76 valence electrons. The molecule has 0 fully saturated rings. The first-order valence-electron chi connectivity index (χ1n) is 5.36. The number of nitrogens with one attached hydrogen (secondary N) is 1. The van der Waals surface area contributed by atoms with E-state index >= 15 is 0 Å². The van der Waals surface area contributed by atoms with Crippen LogP contribution in [0.15, 0.2) is 12.2 Å². The van der Waals surface area contributed by atoms with Crippen LogP contribution in [0, 0.1) is 5.92 Å². The number of rotatable bonds is 5. The monoisotopic (exact) mass is 183 g/mol. The maximum Gasteiger partial charge on any atom is 0.0584 e. The molecule has 0 aromatic rings. The third kappa shape index (κ3) is 3.92. The van der Waals surface area contributed by atoms with Crippen molar-refractivity contribution in [1.29, 1.82) is 0 Å². The second kappa shape index (κ2) is 6.17. The maximum atomic E-state index is 8.98. The Labute approximate surface area is 81.0 Å². The van der Waals surface area contributed by atoms with E-state index in [0.717, 1.165) is 18.9 Å². The largest absolute Gasteiger partial charge is 0.395 e. The third-order valence-corrected chi connectivity index (χ3v) is 2.79. The molecule has 0 spiro atoms. The molecular weight excluding hydrogens is 162 g/mol. The molecule has 0 saturated heterocycles. The van der Waals surface area contributed by atoms with E-state index in [-0.39, 0.29) is 6.61 Å². The molecule has 1 rings (SSSR count). The topological polar surface area (TPSA) is 32.3 Å². The van der Waals surface area contributed by atoms with Gasteiger partial charge in [0.15, 0.2) is 0 Å². The van der Waals surface area contributed by atoms with Crippen molar-refractivity contribution in [3.63, 3.8) is 0 Å². The average Bonchev–Trinajstić information content (AvgIpc) is 2.21. The molecule has 2 heteroatoms. The van der Waals surface area contributed by atoms with Gasteiger partial charge in [-0.2, -0.15) is 0 Å². The summed E-state index contributed by atoms with van der Waals surface area (Å²) in [6, 6.07) is 0.297. The number of allylic oxidation sites excluding steroid dienone is 2. The molecule has 1 aliphatic carbocycles. The lowest BCUT2D eigenvalue weighted by Crippen LogP contribution is -2.35. The molecule has 1 unspecified atom stereocenters. The minimum atomic E-state index is 0.263.